The molecule has 1 N–H and O–H groups in total. The summed E-state index contributed by atoms with van der Waals surface area (Å²) < 4.78 is 4.86. The van der Waals surface area contributed by atoms with E-state index in [0.29, 0.717) is 0 Å². The molecule has 54 heavy (non-hydrogen) atoms. The van der Waals surface area contributed by atoms with Crippen molar-refractivity contribution in [3.8, 4) is 16.8 Å². The van der Waals surface area contributed by atoms with Gasteiger partial charge in [-0.3, -0.25) is 0 Å². The van der Waals surface area contributed by atoms with Crippen LogP contribution in [-0.4, -0.2) is 9.13 Å². The molecule has 1 unspecified atom stereocenters. The zero-order valence-electron chi connectivity index (χ0n) is 29.8. The van der Waals surface area contributed by atoms with Crippen LogP contribution >= 0.6 is 0 Å². The van der Waals surface area contributed by atoms with Gasteiger partial charge < -0.3 is 14.5 Å². The summed E-state index contributed by atoms with van der Waals surface area (Å²) in [6, 6.07) is 60.0. The average molecular weight is 692 g/mol. The predicted molar refractivity (Wildman–Crippen MR) is 228 cm³/mol. The molecule has 0 amide bonds. The Morgan fingerprint density at radius 3 is 1.85 bits per heavy atom. The predicted octanol–water partition coefficient (Wildman–Crippen LogP) is 13.3. The molecule has 2 aliphatic rings. The number of allylic oxidation sites excluding steroid dienone is 4. The van der Waals surface area contributed by atoms with E-state index in [9.17, 15) is 0 Å². The van der Waals surface area contributed by atoms with Crippen LogP contribution in [0.4, 0.5) is 5.69 Å². The van der Waals surface area contributed by atoms with E-state index in [-0.39, 0.29) is 6.17 Å². The number of anilines is 1. The van der Waals surface area contributed by atoms with Gasteiger partial charge in [0.2, 0.25) is 0 Å². The molecule has 256 valence electrons. The molecule has 3 heterocycles. The third-order valence-corrected chi connectivity index (χ3v) is 11.4. The minimum Gasteiger partial charge on any atom is -0.361 e. The van der Waals surface area contributed by atoms with Crippen molar-refractivity contribution in [2.24, 2.45) is 0 Å². The number of aromatic nitrogens is 2. The van der Waals surface area contributed by atoms with Crippen molar-refractivity contribution in [3.05, 3.63) is 205 Å². The molecule has 0 fully saturated rings. The minimum atomic E-state index is -0.0766. The standard InChI is InChI=1S/C51H37N3/c1-3-13-34(14-4-1)35-23-25-36(26-24-35)43-33-51(52-46-20-10-7-17-40(43)46)54-48-22-12-9-19-42(48)45-32-38(28-30-50(45)54)37-27-29-49-44(31-37)41-18-8-11-21-47(41)53(49)39-15-5-2-6-16-39/h2-3,5-33,51-52H,1,4H2. The maximum Gasteiger partial charge on any atom is 0.124 e. The summed E-state index contributed by atoms with van der Waals surface area (Å²) in [6.07, 6.45) is 11.4. The highest BCUT2D eigenvalue weighted by molar-refractivity contribution is 6.12. The fourth-order valence-corrected chi connectivity index (χ4v) is 8.84. The molecule has 0 spiro atoms. The number of rotatable bonds is 5. The normalized spacial score (nSPS) is 15.4. The van der Waals surface area contributed by atoms with Crippen LogP contribution in [0.2, 0.25) is 0 Å². The van der Waals surface area contributed by atoms with E-state index in [1.807, 2.05) is 0 Å². The van der Waals surface area contributed by atoms with Gasteiger partial charge in [0.05, 0.1) is 22.1 Å². The van der Waals surface area contributed by atoms with Gasteiger partial charge in [0, 0.05) is 38.5 Å². The Morgan fingerprint density at radius 1 is 0.481 bits per heavy atom. The maximum atomic E-state index is 3.91. The van der Waals surface area contributed by atoms with E-state index in [0.717, 1.165) is 18.5 Å². The summed E-state index contributed by atoms with van der Waals surface area (Å²) in [5.41, 5.74) is 15.9. The summed E-state index contributed by atoms with van der Waals surface area (Å²) in [6.45, 7) is 0. The Hall–Kier alpha value is -6.84. The zero-order chi connectivity index (χ0) is 35.6. The van der Waals surface area contributed by atoms with E-state index < -0.39 is 0 Å². The number of fused-ring (bicyclic) bond motifs is 7. The molecule has 7 aromatic carbocycles. The third-order valence-electron chi connectivity index (χ3n) is 11.4. The number of benzene rings is 7. The summed E-state index contributed by atoms with van der Waals surface area (Å²) in [5.74, 6) is 0. The van der Waals surface area contributed by atoms with Crippen LogP contribution in [0.25, 0.3) is 71.6 Å². The lowest BCUT2D eigenvalue weighted by Crippen LogP contribution is -2.20. The fraction of sp³-hybridized carbons (Fsp3) is 0.0588. The van der Waals surface area contributed by atoms with E-state index in [2.05, 4.69) is 203 Å². The minimum absolute atomic E-state index is 0.0766. The van der Waals surface area contributed by atoms with Crippen LogP contribution in [0, 0.1) is 0 Å². The Morgan fingerprint density at radius 2 is 1.07 bits per heavy atom. The van der Waals surface area contributed by atoms with Gasteiger partial charge in [-0.2, -0.15) is 0 Å². The third kappa shape index (κ3) is 4.89. The Balaban J connectivity index is 1.04. The van der Waals surface area contributed by atoms with Gasteiger partial charge in [0.1, 0.15) is 6.17 Å². The molecule has 3 nitrogen and oxygen atoms in total. The van der Waals surface area contributed by atoms with Crippen LogP contribution in [0.5, 0.6) is 0 Å². The molecule has 0 saturated carbocycles. The van der Waals surface area contributed by atoms with Crippen molar-refractivity contribution in [2.45, 2.75) is 19.0 Å². The lowest BCUT2D eigenvalue weighted by atomic mass is 9.91. The lowest BCUT2D eigenvalue weighted by molar-refractivity contribution is 0.722. The number of hydrogen-bond donors (Lipinski definition) is 1. The number of nitrogens with one attached hydrogen (secondary N) is 1. The summed E-state index contributed by atoms with van der Waals surface area (Å²) in [5, 5.41) is 8.94. The summed E-state index contributed by atoms with van der Waals surface area (Å²) in [7, 11) is 0. The largest absolute Gasteiger partial charge is 0.361 e. The molecule has 11 rings (SSSR count). The first-order valence-electron chi connectivity index (χ1n) is 19.0. The van der Waals surface area contributed by atoms with Gasteiger partial charge in [-0.05, 0) is 107 Å². The highest BCUT2D eigenvalue weighted by Gasteiger charge is 2.24. The molecule has 0 bridgehead atoms. The Bertz CT molecular complexity index is 3010. The molecular weight excluding hydrogens is 655 g/mol. The van der Waals surface area contributed by atoms with Crippen molar-refractivity contribution < 1.29 is 0 Å². The highest BCUT2D eigenvalue weighted by atomic mass is 15.2. The lowest BCUT2D eigenvalue weighted by Gasteiger charge is -2.29. The molecule has 1 atom stereocenters. The molecule has 0 radical (unpaired) electrons. The van der Waals surface area contributed by atoms with Gasteiger partial charge in [-0.25, -0.2) is 0 Å². The van der Waals surface area contributed by atoms with E-state index in [1.165, 1.54) is 88.3 Å². The van der Waals surface area contributed by atoms with Gasteiger partial charge in [0.25, 0.3) is 0 Å². The van der Waals surface area contributed by atoms with Crippen LogP contribution in [0.1, 0.15) is 35.7 Å². The average Bonchev–Trinajstić information content (AvgIpc) is 3.76. The quantitative estimate of drug-likeness (QED) is 0.191. The first kappa shape index (κ1) is 30.8. The second-order valence-electron chi connectivity index (χ2n) is 14.5. The molecular formula is C51H37N3. The molecule has 3 heteroatoms. The second-order valence-corrected chi connectivity index (χ2v) is 14.5. The Kier molecular flexibility index (Phi) is 7.06. The SMILES string of the molecule is C1=CC(c2ccc(C3=CC(n4c5ccccc5c5cc(-c6ccc7c(c6)c6ccccc6n7-c6ccccc6)ccc54)Nc4ccccc43)cc2)=CCC1. The van der Waals surface area contributed by atoms with Gasteiger partial charge in [0.15, 0.2) is 0 Å². The molecule has 9 aromatic rings. The molecule has 1 aliphatic carbocycles. The van der Waals surface area contributed by atoms with Crippen LogP contribution in [0.3, 0.4) is 0 Å². The maximum absolute atomic E-state index is 3.91. The van der Waals surface area contributed by atoms with Gasteiger partial charge >= 0.3 is 0 Å². The zero-order valence-corrected chi connectivity index (χ0v) is 29.8. The van der Waals surface area contributed by atoms with Crippen molar-refractivity contribution in [1.29, 1.82) is 0 Å². The molecule has 1 aliphatic heterocycles. The molecule has 0 saturated heterocycles. The number of hydrogen-bond acceptors (Lipinski definition) is 1. The number of nitrogens with zero attached hydrogens (tertiary/aromatic N) is 2. The van der Waals surface area contributed by atoms with Crippen LogP contribution in [-0.2, 0) is 0 Å². The van der Waals surface area contributed by atoms with Crippen molar-refractivity contribution in [1.82, 2.24) is 9.13 Å². The first-order chi connectivity index (χ1) is 26.8. The van der Waals surface area contributed by atoms with E-state index >= 15 is 0 Å². The van der Waals surface area contributed by atoms with Gasteiger partial charge in [-0.1, -0.05) is 127 Å². The van der Waals surface area contributed by atoms with Crippen molar-refractivity contribution >= 4 is 60.4 Å². The highest BCUT2D eigenvalue weighted by Crippen LogP contribution is 2.42. The number of para-hydroxylation sites is 4. The molecule has 2 aromatic heterocycles. The van der Waals surface area contributed by atoms with E-state index in [1.54, 1.807) is 0 Å². The van der Waals surface area contributed by atoms with Crippen LogP contribution in [0.15, 0.2) is 188 Å². The topological polar surface area (TPSA) is 21.9 Å². The Labute approximate surface area is 314 Å². The van der Waals surface area contributed by atoms with Crippen molar-refractivity contribution in [2.75, 3.05) is 5.32 Å². The smallest absolute Gasteiger partial charge is 0.124 e. The van der Waals surface area contributed by atoms with Crippen molar-refractivity contribution in [3.63, 3.8) is 0 Å². The van der Waals surface area contributed by atoms with E-state index in [4.69, 9.17) is 0 Å². The van der Waals surface area contributed by atoms with Crippen LogP contribution < -0.4 is 5.32 Å². The summed E-state index contributed by atoms with van der Waals surface area (Å²) >= 11 is 0. The fourth-order valence-electron chi connectivity index (χ4n) is 8.84. The monoisotopic (exact) mass is 691 g/mol. The second kappa shape index (κ2) is 12.4. The first-order valence-corrected chi connectivity index (χ1v) is 19.0. The van der Waals surface area contributed by atoms with Gasteiger partial charge in [-0.15, -0.1) is 0 Å². The summed E-state index contributed by atoms with van der Waals surface area (Å²) in [4.78, 5) is 0.